The normalized spacial score (nSPS) is 10.3. The van der Waals surface area contributed by atoms with Crippen LogP contribution in [0.25, 0.3) is 11.6 Å². The van der Waals surface area contributed by atoms with Crippen LogP contribution in [0.1, 0.15) is 0 Å². The van der Waals surface area contributed by atoms with Gasteiger partial charge in [0, 0.05) is 13.2 Å². The molecule has 1 N–H and O–H groups in total. The number of aromatic nitrogens is 2. The minimum absolute atomic E-state index is 0.541. The molecule has 4 nitrogen and oxygen atoms in total. The van der Waals surface area contributed by atoms with E-state index in [4.69, 9.17) is 4.42 Å². The van der Waals surface area contributed by atoms with Crippen LogP contribution in [0.5, 0.6) is 0 Å². The summed E-state index contributed by atoms with van der Waals surface area (Å²) >= 11 is 6.70. The van der Waals surface area contributed by atoms with Crippen molar-refractivity contribution < 1.29 is 4.42 Å². The molecular formula is C9H7Br2N3O. The Labute approximate surface area is 103 Å². The van der Waals surface area contributed by atoms with E-state index in [1.54, 1.807) is 25.6 Å². The van der Waals surface area contributed by atoms with E-state index in [9.17, 15) is 0 Å². The zero-order valence-electron chi connectivity index (χ0n) is 7.79. The zero-order valence-corrected chi connectivity index (χ0v) is 11.0. The quantitative estimate of drug-likeness (QED) is 0.916. The van der Waals surface area contributed by atoms with Crippen LogP contribution in [0.15, 0.2) is 31.9 Å². The lowest BCUT2D eigenvalue weighted by molar-refractivity contribution is 0.576. The van der Waals surface area contributed by atoms with E-state index in [-0.39, 0.29) is 0 Å². The van der Waals surface area contributed by atoms with E-state index in [1.165, 1.54) is 0 Å². The Bertz CT molecular complexity index is 484. The molecule has 0 aliphatic rings. The third-order valence-corrected chi connectivity index (χ3v) is 3.01. The zero-order chi connectivity index (χ0) is 10.8. The summed E-state index contributed by atoms with van der Waals surface area (Å²) in [5.74, 6) is 1.89. The van der Waals surface area contributed by atoms with Crippen molar-refractivity contribution in [2.24, 2.45) is 0 Å². The first-order valence-corrected chi connectivity index (χ1v) is 5.74. The number of furan rings is 1. The average Bonchev–Trinajstić information content (AvgIpc) is 2.65. The second-order valence-corrected chi connectivity index (χ2v) is 4.45. The van der Waals surface area contributed by atoms with E-state index in [0.717, 1.165) is 14.8 Å². The summed E-state index contributed by atoms with van der Waals surface area (Å²) in [4.78, 5) is 8.47. The van der Waals surface area contributed by atoms with E-state index >= 15 is 0 Å². The topological polar surface area (TPSA) is 51.0 Å². The molecule has 0 amide bonds. The predicted octanol–water partition coefficient (Wildman–Crippen LogP) is 3.30. The van der Waals surface area contributed by atoms with Crippen LogP contribution < -0.4 is 5.32 Å². The van der Waals surface area contributed by atoms with Crippen LogP contribution in [0.2, 0.25) is 0 Å². The predicted molar refractivity (Wildman–Crippen MR) is 64.7 cm³/mol. The molecule has 0 aromatic carbocycles. The fourth-order valence-corrected chi connectivity index (χ4v) is 1.87. The minimum Gasteiger partial charge on any atom is -0.460 e. The molecule has 2 aromatic heterocycles. The molecule has 0 bridgehead atoms. The minimum atomic E-state index is 0.541. The summed E-state index contributed by atoms with van der Waals surface area (Å²) in [6.45, 7) is 0. The summed E-state index contributed by atoms with van der Waals surface area (Å²) in [6.07, 6.45) is 3.27. The van der Waals surface area contributed by atoms with E-state index in [0.29, 0.717) is 11.6 Å². The Morgan fingerprint density at radius 1 is 1.33 bits per heavy atom. The number of hydrogen-bond donors (Lipinski definition) is 1. The molecule has 78 valence electrons. The van der Waals surface area contributed by atoms with E-state index < -0.39 is 0 Å². The standard InChI is InChI=1S/C9H7Br2N3O/c1-12-8-6(11)4-13-9(14-8)7-5(10)2-3-15-7/h2-4H,1H3,(H,12,13,14). The summed E-state index contributed by atoms with van der Waals surface area (Å²) in [5, 5.41) is 2.96. The number of rotatable bonds is 2. The third kappa shape index (κ3) is 2.05. The first kappa shape index (κ1) is 10.6. The van der Waals surface area contributed by atoms with Gasteiger partial charge in [0.1, 0.15) is 5.82 Å². The first-order chi connectivity index (χ1) is 7.22. The fourth-order valence-electron chi connectivity index (χ4n) is 1.11. The molecule has 0 fully saturated rings. The molecule has 0 saturated carbocycles. The second kappa shape index (κ2) is 4.32. The van der Waals surface area contributed by atoms with Crippen molar-refractivity contribution in [2.45, 2.75) is 0 Å². The molecule has 2 rings (SSSR count). The lowest BCUT2D eigenvalue weighted by Gasteiger charge is -2.03. The van der Waals surface area contributed by atoms with Crippen molar-refractivity contribution in [1.29, 1.82) is 0 Å². The number of halogens is 2. The lowest BCUT2D eigenvalue weighted by Crippen LogP contribution is -1.97. The van der Waals surface area contributed by atoms with Crippen LogP contribution in [0.3, 0.4) is 0 Å². The van der Waals surface area contributed by atoms with Gasteiger partial charge in [-0.3, -0.25) is 0 Å². The van der Waals surface area contributed by atoms with Crippen molar-refractivity contribution >= 4 is 37.7 Å². The maximum atomic E-state index is 5.27. The largest absolute Gasteiger partial charge is 0.460 e. The molecule has 0 aliphatic heterocycles. The maximum Gasteiger partial charge on any atom is 0.198 e. The molecule has 0 unspecified atom stereocenters. The average molecular weight is 333 g/mol. The van der Waals surface area contributed by atoms with Crippen LogP contribution in [-0.2, 0) is 0 Å². The molecule has 0 spiro atoms. The van der Waals surface area contributed by atoms with Crippen LogP contribution in [0.4, 0.5) is 5.82 Å². The smallest absolute Gasteiger partial charge is 0.198 e. The molecular weight excluding hydrogens is 326 g/mol. The Hall–Kier alpha value is -0.880. The second-order valence-electron chi connectivity index (χ2n) is 2.74. The fraction of sp³-hybridized carbons (Fsp3) is 0.111. The maximum absolute atomic E-state index is 5.27. The number of hydrogen-bond acceptors (Lipinski definition) is 4. The van der Waals surface area contributed by atoms with Gasteiger partial charge in [-0.1, -0.05) is 0 Å². The summed E-state index contributed by atoms with van der Waals surface area (Å²) in [6, 6.07) is 1.81. The Balaban J connectivity index is 2.51. The number of nitrogens with one attached hydrogen (secondary N) is 1. The van der Waals surface area contributed by atoms with Gasteiger partial charge >= 0.3 is 0 Å². The van der Waals surface area contributed by atoms with E-state index in [1.807, 2.05) is 0 Å². The third-order valence-electron chi connectivity index (χ3n) is 1.80. The highest BCUT2D eigenvalue weighted by Gasteiger charge is 2.11. The number of nitrogens with zero attached hydrogens (tertiary/aromatic N) is 2. The van der Waals surface area contributed by atoms with Crippen molar-refractivity contribution in [1.82, 2.24) is 9.97 Å². The summed E-state index contributed by atoms with van der Waals surface area (Å²) in [7, 11) is 1.80. The van der Waals surface area contributed by atoms with Gasteiger partial charge in [0.25, 0.3) is 0 Å². The Morgan fingerprint density at radius 2 is 2.13 bits per heavy atom. The van der Waals surface area contributed by atoms with Crippen LogP contribution in [-0.4, -0.2) is 17.0 Å². The molecule has 2 aromatic rings. The molecule has 0 radical (unpaired) electrons. The Kier molecular flexibility index (Phi) is 3.06. The Morgan fingerprint density at radius 3 is 2.73 bits per heavy atom. The highest BCUT2D eigenvalue weighted by atomic mass is 79.9. The molecule has 0 saturated heterocycles. The first-order valence-electron chi connectivity index (χ1n) is 4.16. The van der Waals surface area contributed by atoms with E-state index in [2.05, 4.69) is 47.1 Å². The SMILES string of the molecule is CNc1nc(-c2occc2Br)ncc1Br. The van der Waals surface area contributed by atoms with Gasteiger partial charge in [0.15, 0.2) is 11.6 Å². The molecule has 0 aliphatic carbocycles. The van der Waals surface area contributed by atoms with Gasteiger partial charge in [-0.25, -0.2) is 9.97 Å². The lowest BCUT2D eigenvalue weighted by atomic mass is 10.4. The number of anilines is 1. The van der Waals surface area contributed by atoms with Crippen LogP contribution >= 0.6 is 31.9 Å². The molecule has 15 heavy (non-hydrogen) atoms. The van der Waals surface area contributed by atoms with Gasteiger partial charge < -0.3 is 9.73 Å². The highest BCUT2D eigenvalue weighted by molar-refractivity contribution is 9.11. The highest BCUT2D eigenvalue weighted by Crippen LogP contribution is 2.28. The molecule has 2 heterocycles. The van der Waals surface area contributed by atoms with Gasteiger partial charge in [-0.05, 0) is 37.9 Å². The van der Waals surface area contributed by atoms with Gasteiger partial charge in [-0.2, -0.15) is 0 Å². The van der Waals surface area contributed by atoms with Crippen LogP contribution in [0, 0.1) is 0 Å². The van der Waals surface area contributed by atoms with Gasteiger partial charge in [0.05, 0.1) is 15.2 Å². The summed E-state index contributed by atoms with van der Waals surface area (Å²) in [5.41, 5.74) is 0. The monoisotopic (exact) mass is 331 g/mol. The summed E-state index contributed by atoms with van der Waals surface area (Å²) < 4.78 is 6.93. The molecule has 6 heteroatoms. The van der Waals surface area contributed by atoms with Gasteiger partial charge in [0.2, 0.25) is 0 Å². The molecule has 0 atom stereocenters. The van der Waals surface area contributed by atoms with Crippen molar-refractivity contribution in [3.05, 3.63) is 27.5 Å². The van der Waals surface area contributed by atoms with Crippen molar-refractivity contribution in [3.63, 3.8) is 0 Å². The van der Waals surface area contributed by atoms with Crippen molar-refractivity contribution in [2.75, 3.05) is 12.4 Å². The van der Waals surface area contributed by atoms with Crippen molar-refractivity contribution in [3.8, 4) is 11.6 Å². The van der Waals surface area contributed by atoms with Gasteiger partial charge in [-0.15, -0.1) is 0 Å².